The van der Waals surface area contributed by atoms with Gasteiger partial charge in [-0.1, -0.05) is 31.0 Å². The van der Waals surface area contributed by atoms with E-state index in [1.807, 2.05) is 45.2 Å². The number of aromatic nitrogens is 4. The highest BCUT2D eigenvalue weighted by Crippen LogP contribution is 2.36. The maximum Gasteiger partial charge on any atom is 0.410 e. The first-order chi connectivity index (χ1) is 21.8. The predicted molar refractivity (Wildman–Crippen MR) is 178 cm³/mol. The molecule has 0 atom stereocenters. The second-order valence-electron chi connectivity index (χ2n) is 13.4. The van der Waals surface area contributed by atoms with Crippen LogP contribution >= 0.6 is 0 Å². The molecule has 2 aromatic carbocycles. The van der Waals surface area contributed by atoms with Crippen LogP contribution in [-0.4, -0.2) is 86.3 Å². The third-order valence-corrected chi connectivity index (χ3v) is 8.99. The lowest BCUT2D eigenvalue weighted by molar-refractivity contribution is -0.0162. The average Bonchev–Trinajstić information content (AvgIpc) is 3.64. The Balaban J connectivity index is 0.975. The number of ether oxygens (including phenoxy) is 1. The fraction of sp³-hybridized carbons (Fsp3) is 0.471. The summed E-state index contributed by atoms with van der Waals surface area (Å²) >= 11 is 0. The van der Waals surface area contributed by atoms with Crippen LogP contribution in [0.3, 0.4) is 0 Å². The van der Waals surface area contributed by atoms with Crippen molar-refractivity contribution in [3.8, 4) is 0 Å². The predicted octanol–water partition coefficient (Wildman–Crippen LogP) is 6.17. The van der Waals surface area contributed by atoms with Gasteiger partial charge in [-0.15, -0.1) is 0 Å². The second kappa shape index (κ2) is 12.2. The van der Waals surface area contributed by atoms with Crippen molar-refractivity contribution in [3.05, 3.63) is 60.8 Å². The van der Waals surface area contributed by atoms with Gasteiger partial charge in [0.1, 0.15) is 11.1 Å². The Kier molecular flexibility index (Phi) is 7.95. The summed E-state index contributed by atoms with van der Waals surface area (Å²) in [6.45, 7) is 11.1. The number of rotatable bonds is 7. The highest BCUT2D eigenvalue weighted by Gasteiger charge is 2.38. The van der Waals surface area contributed by atoms with Gasteiger partial charge in [0.2, 0.25) is 11.9 Å². The molecule has 2 saturated heterocycles. The molecule has 4 heterocycles. The summed E-state index contributed by atoms with van der Waals surface area (Å²) in [6.07, 6.45) is 6.31. The van der Waals surface area contributed by atoms with E-state index in [9.17, 15) is 4.79 Å². The lowest BCUT2D eigenvalue weighted by atomic mass is 10.1. The Morgan fingerprint density at radius 1 is 0.844 bits per heavy atom. The summed E-state index contributed by atoms with van der Waals surface area (Å²) in [4.78, 5) is 33.5. The van der Waals surface area contributed by atoms with Crippen LogP contribution in [0, 0.1) is 0 Å². The Bertz CT molecular complexity index is 1610. The van der Waals surface area contributed by atoms with E-state index in [4.69, 9.17) is 14.7 Å². The van der Waals surface area contributed by atoms with E-state index in [-0.39, 0.29) is 6.09 Å². The molecule has 3 fully saturated rings. The molecular formula is C34H43N9O2. The molecule has 11 nitrogen and oxygen atoms in total. The highest BCUT2D eigenvalue weighted by molar-refractivity contribution is 5.77. The lowest BCUT2D eigenvalue weighted by Crippen LogP contribution is -2.64. The number of piperazine rings is 1. The zero-order valence-electron chi connectivity index (χ0n) is 26.4. The molecule has 0 radical (unpaired) electrons. The van der Waals surface area contributed by atoms with Gasteiger partial charge in [-0.05, 0) is 70.0 Å². The number of benzene rings is 2. The van der Waals surface area contributed by atoms with Gasteiger partial charge in [-0.25, -0.2) is 14.8 Å². The zero-order chi connectivity index (χ0) is 31.0. The summed E-state index contributed by atoms with van der Waals surface area (Å²) < 4.78 is 7.77. The van der Waals surface area contributed by atoms with Crippen molar-refractivity contribution in [1.82, 2.24) is 29.3 Å². The van der Waals surface area contributed by atoms with Gasteiger partial charge < -0.3 is 25.2 Å². The minimum Gasteiger partial charge on any atom is -0.444 e. The Morgan fingerprint density at radius 3 is 2.22 bits per heavy atom. The lowest BCUT2D eigenvalue weighted by Gasteiger charge is -2.48. The molecule has 0 spiro atoms. The van der Waals surface area contributed by atoms with Gasteiger partial charge in [-0.2, -0.15) is 4.98 Å². The van der Waals surface area contributed by atoms with Crippen molar-refractivity contribution in [2.75, 3.05) is 54.8 Å². The summed E-state index contributed by atoms with van der Waals surface area (Å²) in [5, 5.41) is 6.92. The molecular weight excluding hydrogens is 566 g/mol. The average molecular weight is 610 g/mol. The number of anilines is 5. The minimum absolute atomic E-state index is 0.208. The van der Waals surface area contributed by atoms with Crippen molar-refractivity contribution in [2.45, 2.75) is 64.1 Å². The van der Waals surface area contributed by atoms with Gasteiger partial charge in [0, 0.05) is 68.4 Å². The quantitative estimate of drug-likeness (QED) is 0.255. The van der Waals surface area contributed by atoms with Crippen LogP contribution in [0.15, 0.2) is 60.8 Å². The number of fused-ring (bicyclic) bond motifs is 1. The van der Waals surface area contributed by atoms with Crippen LogP contribution in [0.1, 0.15) is 52.5 Å². The normalized spacial score (nSPS) is 18.3. The standard InChI is InChI=1S/C34H43N9O2/c1-34(2,3)45-33(44)42-22-28(23-42)41-19-17-40(18-20-41)26-15-13-25(14-16-26)36-31-35-21-29-30(39-31)43(27-11-7-8-12-27)32(38-29)37-24-9-5-4-6-10-24/h4-6,9-10,13-16,21,27-28H,7-8,11-12,17-20,22-23H2,1-3H3,(H,37,38)(H,35,36,39). The third kappa shape index (κ3) is 6.54. The zero-order valence-corrected chi connectivity index (χ0v) is 26.4. The first kappa shape index (κ1) is 29.3. The summed E-state index contributed by atoms with van der Waals surface area (Å²) in [5.74, 6) is 1.38. The number of hydrogen-bond donors (Lipinski definition) is 2. The van der Waals surface area contributed by atoms with Crippen molar-refractivity contribution < 1.29 is 9.53 Å². The maximum atomic E-state index is 12.3. The molecule has 1 saturated carbocycles. The Hall–Kier alpha value is -4.38. The molecule has 1 amide bonds. The van der Waals surface area contributed by atoms with E-state index in [1.165, 1.54) is 18.5 Å². The van der Waals surface area contributed by atoms with Gasteiger partial charge in [0.15, 0.2) is 5.65 Å². The van der Waals surface area contributed by atoms with Crippen molar-refractivity contribution in [3.63, 3.8) is 0 Å². The van der Waals surface area contributed by atoms with Gasteiger partial charge in [0.05, 0.1) is 6.20 Å². The minimum atomic E-state index is -0.456. The van der Waals surface area contributed by atoms with Crippen molar-refractivity contribution >= 4 is 46.2 Å². The molecule has 0 bridgehead atoms. The summed E-state index contributed by atoms with van der Waals surface area (Å²) in [5.41, 5.74) is 4.35. The SMILES string of the molecule is CC(C)(C)OC(=O)N1CC(N2CCN(c3ccc(Nc4ncc5nc(Nc6ccccc6)n(C6CCCC6)c5n4)cc3)CC2)C1. The smallest absolute Gasteiger partial charge is 0.410 e. The molecule has 45 heavy (non-hydrogen) atoms. The van der Waals surface area contributed by atoms with E-state index < -0.39 is 5.60 Å². The van der Waals surface area contributed by atoms with E-state index in [2.05, 4.69) is 66.4 Å². The number of para-hydroxylation sites is 1. The molecule has 4 aromatic rings. The molecule has 2 N–H and O–H groups in total. The largest absolute Gasteiger partial charge is 0.444 e. The number of carbonyl (C=O) groups excluding carboxylic acids is 1. The number of hydrogen-bond acceptors (Lipinski definition) is 9. The van der Waals surface area contributed by atoms with Gasteiger partial charge in [-0.3, -0.25) is 9.47 Å². The summed E-state index contributed by atoms with van der Waals surface area (Å²) in [6, 6.07) is 19.5. The molecule has 1 aliphatic carbocycles. The molecule has 2 aromatic heterocycles. The fourth-order valence-corrected chi connectivity index (χ4v) is 6.59. The molecule has 2 aliphatic heterocycles. The third-order valence-electron chi connectivity index (χ3n) is 8.99. The van der Waals surface area contributed by atoms with E-state index >= 15 is 0 Å². The second-order valence-corrected chi connectivity index (χ2v) is 13.4. The topological polar surface area (TPSA) is 104 Å². The molecule has 7 rings (SSSR count). The van der Waals surface area contributed by atoms with E-state index in [1.54, 1.807) is 4.90 Å². The van der Waals surface area contributed by atoms with Crippen LogP contribution in [-0.2, 0) is 4.74 Å². The first-order valence-electron chi connectivity index (χ1n) is 16.2. The highest BCUT2D eigenvalue weighted by atomic mass is 16.6. The number of carbonyl (C=O) groups is 1. The molecule has 236 valence electrons. The number of amides is 1. The van der Waals surface area contributed by atoms with Crippen molar-refractivity contribution in [1.29, 1.82) is 0 Å². The molecule has 3 aliphatic rings. The van der Waals surface area contributed by atoms with E-state index in [0.29, 0.717) is 18.0 Å². The van der Waals surface area contributed by atoms with Crippen LogP contribution in [0.4, 0.5) is 33.8 Å². The van der Waals surface area contributed by atoms with Crippen LogP contribution < -0.4 is 15.5 Å². The molecule has 11 heteroatoms. The molecule has 0 unspecified atom stereocenters. The Labute approximate surface area is 264 Å². The van der Waals surface area contributed by atoms with Crippen LogP contribution in [0.5, 0.6) is 0 Å². The maximum absolute atomic E-state index is 12.3. The van der Waals surface area contributed by atoms with Crippen molar-refractivity contribution in [2.24, 2.45) is 0 Å². The van der Waals surface area contributed by atoms with Gasteiger partial charge in [0.25, 0.3) is 0 Å². The monoisotopic (exact) mass is 609 g/mol. The van der Waals surface area contributed by atoms with E-state index in [0.717, 1.165) is 80.6 Å². The number of nitrogens with one attached hydrogen (secondary N) is 2. The fourth-order valence-electron chi connectivity index (χ4n) is 6.59. The Morgan fingerprint density at radius 2 is 1.53 bits per heavy atom. The van der Waals surface area contributed by atoms with Crippen LogP contribution in [0.25, 0.3) is 11.2 Å². The van der Waals surface area contributed by atoms with Gasteiger partial charge >= 0.3 is 6.09 Å². The van der Waals surface area contributed by atoms with Crippen LogP contribution in [0.2, 0.25) is 0 Å². The number of likely N-dealkylation sites (tertiary alicyclic amines) is 1. The first-order valence-corrected chi connectivity index (χ1v) is 16.2. The number of imidazole rings is 1. The number of nitrogens with zero attached hydrogens (tertiary/aromatic N) is 7. The summed E-state index contributed by atoms with van der Waals surface area (Å²) in [7, 11) is 0.